The molecule has 1 aliphatic heterocycles. The van der Waals surface area contributed by atoms with Gasteiger partial charge in [-0.1, -0.05) is 12.1 Å². The van der Waals surface area contributed by atoms with Crippen LogP contribution in [0.4, 0.5) is 5.69 Å². The normalized spacial score (nSPS) is 15.6. The monoisotopic (exact) mass is 355 g/mol. The Hall–Kier alpha value is -3.09. The number of benzene rings is 1. The average Bonchev–Trinajstić information content (AvgIpc) is 2.67. The van der Waals surface area contributed by atoms with Crippen LogP contribution in [0.2, 0.25) is 0 Å². The lowest BCUT2D eigenvalue weighted by atomic mass is 9.95. The number of ether oxygens (including phenoxy) is 2. The summed E-state index contributed by atoms with van der Waals surface area (Å²) in [4.78, 5) is 29.4. The van der Waals surface area contributed by atoms with E-state index in [0.717, 1.165) is 5.56 Å². The number of Topliss-reactive ketones (excluding diaryl/α,β-unsaturated/α-hetero) is 1. The quantitative estimate of drug-likeness (QED) is 0.771. The van der Waals surface area contributed by atoms with E-state index in [0.29, 0.717) is 30.5 Å². The number of nitrogens with one attached hydrogen (secondary N) is 2. The van der Waals surface area contributed by atoms with Gasteiger partial charge in [-0.15, -0.1) is 0 Å². The molecule has 1 aromatic heterocycles. The Labute approximate surface area is 151 Å². The summed E-state index contributed by atoms with van der Waals surface area (Å²) < 4.78 is 10.5. The Morgan fingerprint density at radius 2 is 2.19 bits per heavy atom. The lowest BCUT2D eigenvalue weighted by Crippen LogP contribution is -2.42. The topological polar surface area (TPSA) is 89.5 Å². The molecule has 2 heterocycles. The SMILES string of the molecule is CCOc1ccc2c(n1)C(=O)C(C(=O)NCc1cccc(OC)c1)CN2. The van der Waals surface area contributed by atoms with Crippen LogP contribution >= 0.6 is 0 Å². The van der Waals surface area contributed by atoms with E-state index in [9.17, 15) is 9.59 Å². The number of nitrogens with zero attached hydrogens (tertiary/aromatic N) is 1. The molecule has 7 nitrogen and oxygen atoms in total. The average molecular weight is 355 g/mol. The molecule has 26 heavy (non-hydrogen) atoms. The van der Waals surface area contributed by atoms with Crippen molar-refractivity contribution in [2.45, 2.75) is 13.5 Å². The van der Waals surface area contributed by atoms with Crippen molar-refractivity contribution in [1.29, 1.82) is 0 Å². The number of ketones is 1. The highest BCUT2D eigenvalue weighted by molar-refractivity contribution is 6.13. The van der Waals surface area contributed by atoms with E-state index >= 15 is 0 Å². The van der Waals surface area contributed by atoms with Crippen LogP contribution in [-0.4, -0.2) is 36.9 Å². The highest BCUT2D eigenvalue weighted by atomic mass is 16.5. The number of aromatic nitrogens is 1. The zero-order valence-electron chi connectivity index (χ0n) is 14.7. The van der Waals surface area contributed by atoms with Gasteiger partial charge in [-0.05, 0) is 30.7 Å². The minimum absolute atomic E-state index is 0.240. The van der Waals surface area contributed by atoms with Crippen LogP contribution in [0.5, 0.6) is 11.6 Å². The van der Waals surface area contributed by atoms with Gasteiger partial charge in [0.1, 0.15) is 17.4 Å². The Balaban J connectivity index is 1.68. The molecule has 0 spiro atoms. The molecule has 3 rings (SSSR count). The van der Waals surface area contributed by atoms with Crippen molar-refractivity contribution in [3.05, 3.63) is 47.7 Å². The summed E-state index contributed by atoms with van der Waals surface area (Å²) in [5, 5.41) is 5.90. The van der Waals surface area contributed by atoms with Crippen LogP contribution in [-0.2, 0) is 11.3 Å². The number of carbonyl (C=O) groups excluding carboxylic acids is 2. The lowest BCUT2D eigenvalue weighted by Gasteiger charge is -2.23. The molecule has 1 aliphatic rings. The van der Waals surface area contributed by atoms with Gasteiger partial charge in [0, 0.05) is 19.2 Å². The van der Waals surface area contributed by atoms with Crippen LogP contribution in [0.3, 0.4) is 0 Å². The first-order valence-electron chi connectivity index (χ1n) is 8.45. The smallest absolute Gasteiger partial charge is 0.233 e. The number of carbonyl (C=O) groups is 2. The third-order valence-corrected chi connectivity index (χ3v) is 4.13. The van der Waals surface area contributed by atoms with Gasteiger partial charge in [0.05, 0.1) is 19.4 Å². The maximum Gasteiger partial charge on any atom is 0.233 e. The first-order valence-corrected chi connectivity index (χ1v) is 8.45. The van der Waals surface area contributed by atoms with E-state index in [1.54, 1.807) is 19.2 Å². The molecule has 7 heteroatoms. The molecule has 136 valence electrons. The fourth-order valence-corrected chi connectivity index (χ4v) is 2.78. The van der Waals surface area contributed by atoms with Crippen molar-refractivity contribution < 1.29 is 19.1 Å². The minimum Gasteiger partial charge on any atom is -0.497 e. The molecule has 1 unspecified atom stereocenters. The van der Waals surface area contributed by atoms with Crippen LogP contribution in [0.1, 0.15) is 23.0 Å². The molecule has 0 radical (unpaired) electrons. The van der Waals surface area contributed by atoms with Crippen molar-refractivity contribution in [2.24, 2.45) is 5.92 Å². The summed E-state index contributed by atoms with van der Waals surface area (Å²) in [5.41, 5.74) is 1.75. The number of anilines is 1. The van der Waals surface area contributed by atoms with Gasteiger partial charge in [-0.2, -0.15) is 0 Å². The highest BCUT2D eigenvalue weighted by Crippen LogP contribution is 2.26. The van der Waals surface area contributed by atoms with Crippen molar-refractivity contribution in [1.82, 2.24) is 10.3 Å². The second-order valence-corrected chi connectivity index (χ2v) is 5.85. The van der Waals surface area contributed by atoms with Gasteiger partial charge in [-0.25, -0.2) is 4.98 Å². The number of fused-ring (bicyclic) bond motifs is 1. The number of pyridine rings is 1. The summed E-state index contributed by atoms with van der Waals surface area (Å²) in [6.07, 6.45) is 0. The summed E-state index contributed by atoms with van der Waals surface area (Å²) in [6.45, 7) is 2.86. The third-order valence-electron chi connectivity index (χ3n) is 4.13. The predicted octanol–water partition coefficient (Wildman–Crippen LogP) is 2.03. The molecular formula is C19H21N3O4. The number of methoxy groups -OCH3 is 1. The second kappa shape index (κ2) is 7.86. The molecule has 0 bridgehead atoms. The fourth-order valence-electron chi connectivity index (χ4n) is 2.78. The zero-order chi connectivity index (χ0) is 18.5. The van der Waals surface area contributed by atoms with E-state index < -0.39 is 5.92 Å². The molecular weight excluding hydrogens is 334 g/mol. The van der Waals surface area contributed by atoms with Gasteiger partial charge in [0.2, 0.25) is 11.8 Å². The van der Waals surface area contributed by atoms with Crippen molar-refractivity contribution in [3.8, 4) is 11.6 Å². The van der Waals surface area contributed by atoms with Gasteiger partial charge >= 0.3 is 0 Å². The summed E-state index contributed by atoms with van der Waals surface area (Å²) in [5.74, 6) is -0.368. The molecule has 0 saturated heterocycles. The van der Waals surface area contributed by atoms with Crippen LogP contribution < -0.4 is 20.1 Å². The summed E-state index contributed by atoms with van der Waals surface area (Å²) in [7, 11) is 1.59. The van der Waals surface area contributed by atoms with Gasteiger partial charge in [-0.3, -0.25) is 9.59 Å². The third kappa shape index (κ3) is 3.77. The molecule has 0 aliphatic carbocycles. The molecule has 1 aromatic carbocycles. The van der Waals surface area contributed by atoms with Crippen LogP contribution in [0, 0.1) is 5.92 Å². The van der Waals surface area contributed by atoms with Crippen molar-refractivity contribution >= 4 is 17.4 Å². The van der Waals surface area contributed by atoms with Crippen molar-refractivity contribution in [2.75, 3.05) is 25.6 Å². The fraction of sp³-hybridized carbons (Fsp3) is 0.316. The zero-order valence-corrected chi connectivity index (χ0v) is 14.7. The lowest BCUT2D eigenvalue weighted by molar-refractivity contribution is -0.123. The largest absolute Gasteiger partial charge is 0.497 e. The maximum absolute atomic E-state index is 12.7. The molecule has 0 fully saturated rings. The molecule has 0 saturated carbocycles. The molecule has 1 atom stereocenters. The molecule has 2 N–H and O–H groups in total. The minimum atomic E-state index is -0.822. The standard InChI is InChI=1S/C19H21N3O4/c1-3-26-16-8-7-15-17(22-16)18(23)14(11-20-15)19(24)21-10-12-5-4-6-13(9-12)25-2/h4-9,14,20H,3,10-11H2,1-2H3,(H,21,24). The van der Waals surface area contributed by atoms with Gasteiger partial charge < -0.3 is 20.1 Å². The maximum atomic E-state index is 12.7. The number of rotatable bonds is 6. The van der Waals surface area contributed by atoms with E-state index in [1.807, 2.05) is 31.2 Å². The van der Waals surface area contributed by atoms with Gasteiger partial charge in [0.25, 0.3) is 0 Å². The van der Waals surface area contributed by atoms with Crippen LogP contribution in [0.25, 0.3) is 0 Å². The first kappa shape index (κ1) is 17.7. The van der Waals surface area contributed by atoms with Crippen LogP contribution in [0.15, 0.2) is 36.4 Å². The second-order valence-electron chi connectivity index (χ2n) is 5.85. The van der Waals surface area contributed by atoms with E-state index in [-0.39, 0.29) is 23.9 Å². The number of hydrogen-bond acceptors (Lipinski definition) is 6. The molecule has 2 aromatic rings. The van der Waals surface area contributed by atoms with E-state index in [1.165, 1.54) is 0 Å². The Kier molecular flexibility index (Phi) is 5.36. The van der Waals surface area contributed by atoms with Gasteiger partial charge in [0.15, 0.2) is 5.78 Å². The highest BCUT2D eigenvalue weighted by Gasteiger charge is 2.34. The van der Waals surface area contributed by atoms with E-state index in [2.05, 4.69) is 15.6 Å². The Morgan fingerprint density at radius 1 is 1.35 bits per heavy atom. The first-order chi connectivity index (χ1) is 12.6. The molecule has 1 amide bonds. The number of hydrogen-bond donors (Lipinski definition) is 2. The Bertz CT molecular complexity index is 822. The summed E-state index contributed by atoms with van der Waals surface area (Å²) >= 11 is 0. The Morgan fingerprint density at radius 3 is 2.96 bits per heavy atom. The summed E-state index contributed by atoms with van der Waals surface area (Å²) in [6, 6.07) is 10.9. The van der Waals surface area contributed by atoms with E-state index in [4.69, 9.17) is 9.47 Å². The van der Waals surface area contributed by atoms with Crippen molar-refractivity contribution in [3.63, 3.8) is 0 Å². The number of amides is 1. The predicted molar refractivity (Wildman–Crippen MR) is 96.6 cm³/mol.